The Balaban J connectivity index is 1.45. The lowest BCUT2D eigenvalue weighted by atomic mass is 10.1. The van der Waals surface area contributed by atoms with Gasteiger partial charge in [0.05, 0.1) is 68.8 Å². The van der Waals surface area contributed by atoms with Crippen LogP contribution in [0.1, 0.15) is 34.3 Å². The molecule has 0 spiro atoms. The van der Waals surface area contributed by atoms with Crippen molar-refractivity contribution in [2.24, 2.45) is 0 Å². The van der Waals surface area contributed by atoms with E-state index in [1.165, 1.54) is 18.2 Å². The number of halogens is 5. The lowest BCUT2D eigenvalue weighted by molar-refractivity contribution is -0.866. The van der Waals surface area contributed by atoms with Gasteiger partial charge in [0.15, 0.2) is 0 Å². The number of anilines is 1. The van der Waals surface area contributed by atoms with Gasteiger partial charge in [0.25, 0.3) is 15.9 Å². The molecule has 1 fully saturated rings. The molecule has 4 rings (SSSR count). The molecular formula is C27H26Cl2F3N3O5S2. The maximum atomic E-state index is 13.3. The van der Waals surface area contributed by atoms with Crippen LogP contribution < -0.4 is 10.0 Å². The van der Waals surface area contributed by atoms with Crippen molar-refractivity contribution < 1.29 is 35.2 Å². The summed E-state index contributed by atoms with van der Waals surface area (Å²) in [4.78, 5) is 11.8. The highest BCUT2D eigenvalue weighted by Crippen LogP contribution is 2.36. The lowest BCUT2D eigenvalue weighted by Gasteiger charge is -2.38. The minimum atomic E-state index is -4.88. The van der Waals surface area contributed by atoms with Crippen LogP contribution >= 0.6 is 23.2 Å². The number of quaternary nitrogens is 1. The monoisotopic (exact) mass is 663 g/mol. The van der Waals surface area contributed by atoms with Gasteiger partial charge in [-0.3, -0.25) is 13.7 Å². The summed E-state index contributed by atoms with van der Waals surface area (Å²) in [5.41, 5.74) is -0.564. The highest BCUT2D eigenvalue weighted by atomic mass is 35.5. The van der Waals surface area contributed by atoms with E-state index in [1.54, 1.807) is 24.3 Å². The summed E-state index contributed by atoms with van der Waals surface area (Å²) in [6.07, 6.45) is -3.11. The molecule has 3 aromatic carbocycles. The van der Waals surface area contributed by atoms with Gasteiger partial charge in [0.1, 0.15) is 0 Å². The second-order valence-corrected chi connectivity index (χ2v) is 13.7. The molecule has 3 aromatic rings. The normalized spacial score (nSPS) is 15.8. The second-order valence-electron chi connectivity index (χ2n) is 9.76. The highest BCUT2D eigenvalue weighted by Gasteiger charge is 2.34. The summed E-state index contributed by atoms with van der Waals surface area (Å²) in [5, 5.41) is 14.6. The van der Waals surface area contributed by atoms with Crippen molar-refractivity contribution in [2.75, 3.05) is 30.9 Å². The van der Waals surface area contributed by atoms with Gasteiger partial charge in [-0.25, -0.2) is 8.42 Å². The number of sulfonamides is 1. The minimum Gasteiger partial charge on any atom is -0.633 e. The molecular weight excluding hydrogens is 638 g/mol. The Kier molecular flexibility index (Phi) is 9.90. The Labute approximate surface area is 253 Å². The van der Waals surface area contributed by atoms with Gasteiger partial charge in [0, 0.05) is 23.4 Å². The first-order valence-electron chi connectivity index (χ1n) is 12.7. The molecule has 0 aliphatic carbocycles. The van der Waals surface area contributed by atoms with Crippen molar-refractivity contribution in [1.82, 2.24) is 5.32 Å². The zero-order valence-electron chi connectivity index (χ0n) is 21.9. The van der Waals surface area contributed by atoms with Gasteiger partial charge in [0.2, 0.25) is 0 Å². The van der Waals surface area contributed by atoms with E-state index < -0.39 is 42.5 Å². The van der Waals surface area contributed by atoms with Crippen LogP contribution in [0.4, 0.5) is 18.9 Å². The molecule has 42 heavy (non-hydrogen) atoms. The van der Waals surface area contributed by atoms with Gasteiger partial charge in [-0.15, -0.1) is 0 Å². The Morgan fingerprint density at radius 2 is 1.67 bits per heavy atom. The molecule has 1 aliphatic rings. The van der Waals surface area contributed by atoms with Crippen molar-refractivity contribution >= 4 is 55.6 Å². The van der Waals surface area contributed by atoms with Crippen LogP contribution in [0.25, 0.3) is 0 Å². The molecule has 1 saturated heterocycles. The number of nitrogens with zero attached hydrogens (tertiary/aromatic N) is 1. The minimum absolute atomic E-state index is 0.0476. The van der Waals surface area contributed by atoms with Crippen molar-refractivity contribution in [3.05, 3.63) is 92.6 Å². The summed E-state index contributed by atoms with van der Waals surface area (Å²) in [7, 11) is -6.38. The van der Waals surface area contributed by atoms with Crippen LogP contribution in [0.15, 0.2) is 70.5 Å². The maximum absolute atomic E-state index is 13.3. The zero-order chi connectivity index (χ0) is 30.7. The molecule has 2 N–H and O–H groups in total. The Morgan fingerprint density at radius 1 is 1.00 bits per heavy atom. The molecule has 15 heteroatoms. The van der Waals surface area contributed by atoms with E-state index in [0.717, 1.165) is 25.0 Å². The van der Waals surface area contributed by atoms with Gasteiger partial charge in [-0.05, 0) is 54.1 Å². The number of nitrogens with one attached hydrogen (secondary N) is 2. The molecule has 1 aliphatic heterocycles. The maximum Gasteiger partial charge on any atom is 0.417 e. The Bertz CT molecular complexity index is 1600. The number of amides is 1. The molecule has 1 amide bonds. The molecule has 0 aromatic heterocycles. The quantitative estimate of drug-likeness (QED) is 0.205. The van der Waals surface area contributed by atoms with Crippen molar-refractivity contribution in [3.8, 4) is 0 Å². The smallest absolute Gasteiger partial charge is 0.417 e. The molecule has 1 heterocycles. The number of hydroxylamine groups is 3. The largest absolute Gasteiger partial charge is 0.633 e. The molecule has 0 bridgehead atoms. The first kappa shape index (κ1) is 32.2. The molecule has 1 atom stereocenters. The predicted molar refractivity (Wildman–Crippen MR) is 155 cm³/mol. The number of carbonyl (C=O) groups excluding carboxylic acids is 1. The first-order chi connectivity index (χ1) is 19.7. The zero-order valence-corrected chi connectivity index (χ0v) is 25.1. The van der Waals surface area contributed by atoms with E-state index in [0.29, 0.717) is 36.8 Å². The number of benzene rings is 3. The van der Waals surface area contributed by atoms with Crippen LogP contribution in [0.5, 0.6) is 0 Å². The summed E-state index contributed by atoms with van der Waals surface area (Å²) < 4.78 is 81.0. The average Bonchev–Trinajstić information content (AvgIpc) is 3.34. The summed E-state index contributed by atoms with van der Waals surface area (Å²) >= 11 is 11.6. The number of likely N-dealkylation sites (tertiary alicyclic amines) is 1. The molecule has 8 nitrogen and oxygen atoms in total. The van der Waals surface area contributed by atoms with Crippen LogP contribution in [-0.4, -0.2) is 49.4 Å². The first-order valence-corrected chi connectivity index (χ1v) is 16.2. The molecule has 226 valence electrons. The molecule has 0 radical (unpaired) electrons. The predicted octanol–water partition coefficient (Wildman–Crippen LogP) is 5.96. The highest BCUT2D eigenvalue weighted by molar-refractivity contribution is 7.92. The van der Waals surface area contributed by atoms with Crippen molar-refractivity contribution in [2.45, 2.75) is 34.6 Å². The van der Waals surface area contributed by atoms with Crippen LogP contribution in [-0.2, 0) is 32.8 Å². The third-order valence-corrected chi connectivity index (χ3v) is 10.1. The topological polar surface area (TPSA) is 115 Å². The van der Waals surface area contributed by atoms with E-state index in [4.69, 9.17) is 23.2 Å². The van der Waals surface area contributed by atoms with E-state index in [9.17, 15) is 35.8 Å². The van der Waals surface area contributed by atoms with Gasteiger partial charge >= 0.3 is 6.18 Å². The number of hydrogen-bond donors (Lipinski definition) is 2. The fourth-order valence-electron chi connectivity index (χ4n) is 4.47. The fourth-order valence-corrected chi connectivity index (χ4v) is 7.25. The summed E-state index contributed by atoms with van der Waals surface area (Å²) in [6, 6.07) is 12.4. The van der Waals surface area contributed by atoms with E-state index in [1.807, 2.05) is 0 Å². The van der Waals surface area contributed by atoms with Gasteiger partial charge < -0.3 is 15.2 Å². The van der Waals surface area contributed by atoms with E-state index in [2.05, 4.69) is 10.0 Å². The van der Waals surface area contributed by atoms with Crippen molar-refractivity contribution in [1.29, 1.82) is 0 Å². The third kappa shape index (κ3) is 8.03. The van der Waals surface area contributed by atoms with Gasteiger partial charge in [-0.1, -0.05) is 35.3 Å². The van der Waals surface area contributed by atoms with E-state index in [-0.39, 0.29) is 38.5 Å². The number of hydrogen-bond acceptors (Lipinski definition) is 5. The van der Waals surface area contributed by atoms with Crippen molar-refractivity contribution in [3.63, 3.8) is 0 Å². The van der Waals surface area contributed by atoms with Gasteiger partial charge in [-0.2, -0.15) is 13.2 Å². The van der Waals surface area contributed by atoms with Crippen LogP contribution in [0.2, 0.25) is 10.0 Å². The number of rotatable bonds is 10. The van der Waals surface area contributed by atoms with Crippen LogP contribution in [0, 0.1) is 5.21 Å². The number of alkyl halides is 3. The summed E-state index contributed by atoms with van der Waals surface area (Å²) in [6.45, 7) is 1.66. The Morgan fingerprint density at radius 3 is 2.31 bits per heavy atom. The SMILES string of the molecule is O=C(NCC[N+]1([O-])CCCC1)c1ccc(CS(=O)c2ccc(Cl)cc2NS(=O)(=O)c2ccc(Cl)c(C(F)(F)F)c2)cc1. The van der Waals surface area contributed by atoms with Crippen LogP contribution in [0.3, 0.4) is 0 Å². The lowest BCUT2D eigenvalue weighted by Crippen LogP contribution is -2.44. The Hall–Kier alpha value is -2.68. The third-order valence-electron chi connectivity index (χ3n) is 6.68. The molecule has 1 unspecified atom stereocenters. The fraction of sp³-hybridized carbons (Fsp3) is 0.296. The second kappa shape index (κ2) is 12.9. The molecule has 0 saturated carbocycles. The standard InChI is InChI=1S/C27H26Cl2F3N3O5S2/c28-20-7-10-25(24(15-20)34-42(39,40)21-8-9-23(29)22(16-21)27(30,31)32)41(38)17-18-3-5-19(6-4-18)26(36)33-11-14-35(37)12-1-2-13-35/h3-10,15-16,34H,1-2,11-14,17H2,(H,33,36). The average molecular weight is 665 g/mol. The summed E-state index contributed by atoms with van der Waals surface area (Å²) in [5.74, 6) is -0.410. The number of carbonyl (C=O) groups is 1. The van der Waals surface area contributed by atoms with E-state index >= 15 is 0 Å².